The molecule has 122 valence electrons. The average molecular weight is 320 g/mol. The van der Waals surface area contributed by atoms with E-state index in [-0.39, 0.29) is 0 Å². The lowest BCUT2D eigenvalue weighted by Crippen LogP contribution is -2.04. The summed E-state index contributed by atoms with van der Waals surface area (Å²) in [7, 11) is 1.70. The van der Waals surface area contributed by atoms with Gasteiger partial charge in [0.05, 0.1) is 6.61 Å². The number of pyridine rings is 1. The Morgan fingerprint density at radius 2 is 1.79 bits per heavy atom. The van der Waals surface area contributed by atoms with E-state index in [1.807, 2.05) is 31.2 Å². The lowest BCUT2D eigenvalue weighted by Gasteiger charge is -2.10. The molecule has 0 saturated heterocycles. The van der Waals surface area contributed by atoms with Crippen molar-refractivity contribution in [3.8, 4) is 11.4 Å². The van der Waals surface area contributed by atoms with Gasteiger partial charge in [0.25, 0.3) is 0 Å². The zero-order valence-corrected chi connectivity index (χ0v) is 13.9. The molecule has 0 radical (unpaired) electrons. The number of methoxy groups -OCH3 is 1. The molecule has 5 nitrogen and oxygen atoms in total. The van der Waals surface area contributed by atoms with E-state index in [2.05, 4.69) is 38.5 Å². The van der Waals surface area contributed by atoms with Crippen molar-refractivity contribution in [1.29, 1.82) is 0 Å². The quantitative estimate of drug-likeness (QED) is 0.752. The molecule has 0 saturated carbocycles. The van der Waals surface area contributed by atoms with E-state index in [1.165, 1.54) is 5.56 Å². The van der Waals surface area contributed by atoms with Gasteiger partial charge in [0.15, 0.2) is 5.82 Å². The molecule has 24 heavy (non-hydrogen) atoms. The maximum absolute atomic E-state index is 5.18. The summed E-state index contributed by atoms with van der Waals surface area (Å²) in [5.41, 5.74) is 4.23. The highest BCUT2D eigenvalue weighted by Gasteiger charge is 2.05. The second-order valence-electron chi connectivity index (χ2n) is 5.56. The lowest BCUT2D eigenvalue weighted by molar-refractivity contribution is 0.185. The minimum Gasteiger partial charge on any atom is -0.380 e. The molecule has 0 unspecified atom stereocenters. The highest BCUT2D eigenvalue weighted by molar-refractivity contribution is 5.56. The van der Waals surface area contributed by atoms with E-state index in [0.29, 0.717) is 19.0 Å². The van der Waals surface area contributed by atoms with Gasteiger partial charge in [0.2, 0.25) is 0 Å². The number of anilines is 1. The minimum atomic E-state index is 0.618. The number of ether oxygens (including phenoxy) is 1. The van der Waals surface area contributed by atoms with Crippen LogP contribution in [0.1, 0.15) is 16.8 Å². The highest BCUT2D eigenvalue weighted by atomic mass is 16.5. The van der Waals surface area contributed by atoms with Gasteiger partial charge in [-0.25, -0.2) is 9.97 Å². The zero-order valence-electron chi connectivity index (χ0n) is 13.9. The molecule has 0 aliphatic rings. The van der Waals surface area contributed by atoms with Gasteiger partial charge < -0.3 is 10.1 Å². The number of rotatable bonds is 6. The van der Waals surface area contributed by atoms with E-state index >= 15 is 0 Å². The van der Waals surface area contributed by atoms with Crippen molar-refractivity contribution in [3.05, 3.63) is 71.7 Å². The molecule has 3 aromatic rings. The molecule has 1 aromatic carbocycles. The third-order valence-electron chi connectivity index (χ3n) is 3.57. The number of aromatic nitrogens is 3. The predicted octanol–water partition coefficient (Wildman–Crippen LogP) is 3.61. The SMILES string of the molecule is COCc1cccc(CNc2cc(C)nc(-c3ccncc3)n2)c1. The summed E-state index contributed by atoms with van der Waals surface area (Å²) < 4.78 is 5.18. The molecule has 0 fully saturated rings. The molecule has 0 amide bonds. The standard InChI is InChI=1S/C19H20N4O/c1-14-10-18(23-19(22-14)17-6-8-20-9-7-17)21-12-15-4-3-5-16(11-15)13-24-2/h3-11H,12-13H2,1-2H3,(H,21,22,23). The predicted molar refractivity (Wildman–Crippen MR) is 94.5 cm³/mol. The molecule has 5 heteroatoms. The fourth-order valence-corrected chi connectivity index (χ4v) is 2.48. The third-order valence-corrected chi connectivity index (χ3v) is 3.57. The summed E-state index contributed by atoms with van der Waals surface area (Å²) in [5, 5.41) is 3.37. The highest BCUT2D eigenvalue weighted by Crippen LogP contribution is 2.17. The molecule has 0 aliphatic carbocycles. The number of hydrogen-bond donors (Lipinski definition) is 1. The van der Waals surface area contributed by atoms with Crippen LogP contribution in [0.15, 0.2) is 54.9 Å². The Kier molecular flexibility index (Phi) is 5.13. The van der Waals surface area contributed by atoms with Crippen LogP contribution in [0.25, 0.3) is 11.4 Å². The first-order chi connectivity index (χ1) is 11.7. The van der Waals surface area contributed by atoms with Crippen LogP contribution in [0.2, 0.25) is 0 Å². The molecule has 3 rings (SSSR count). The number of nitrogens with zero attached hydrogens (tertiary/aromatic N) is 3. The van der Waals surface area contributed by atoms with Gasteiger partial charge in [0.1, 0.15) is 5.82 Å². The van der Waals surface area contributed by atoms with Crippen LogP contribution >= 0.6 is 0 Å². The fourth-order valence-electron chi connectivity index (χ4n) is 2.48. The summed E-state index contributed by atoms with van der Waals surface area (Å²) in [6.07, 6.45) is 3.49. The maximum Gasteiger partial charge on any atom is 0.161 e. The molecule has 2 heterocycles. The first-order valence-electron chi connectivity index (χ1n) is 7.81. The van der Waals surface area contributed by atoms with Crippen molar-refractivity contribution >= 4 is 5.82 Å². The smallest absolute Gasteiger partial charge is 0.161 e. The Morgan fingerprint density at radius 1 is 1.00 bits per heavy atom. The third kappa shape index (κ3) is 4.14. The maximum atomic E-state index is 5.18. The topological polar surface area (TPSA) is 59.9 Å². The van der Waals surface area contributed by atoms with E-state index in [1.54, 1.807) is 19.5 Å². The Morgan fingerprint density at radius 3 is 2.58 bits per heavy atom. The largest absolute Gasteiger partial charge is 0.380 e. The van der Waals surface area contributed by atoms with Gasteiger partial charge in [0, 0.05) is 43.4 Å². The summed E-state index contributed by atoms with van der Waals surface area (Å²) in [6, 6.07) is 14.1. The van der Waals surface area contributed by atoms with Crippen LogP contribution in [0.4, 0.5) is 5.82 Å². The lowest BCUT2D eigenvalue weighted by atomic mass is 10.1. The van der Waals surface area contributed by atoms with Gasteiger partial charge in [-0.2, -0.15) is 0 Å². The molecular formula is C19H20N4O. The Balaban J connectivity index is 1.76. The van der Waals surface area contributed by atoms with Crippen molar-refractivity contribution in [2.75, 3.05) is 12.4 Å². The van der Waals surface area contributed by atoms with Crippen LogP contribution in [0.3, 0.4) is 0 Å². The van der Waals surface area contributed by atoms with Crippen molar-refractivity contribution in [3.63, 3.8) is 0 Å². The van der Waals surface area contributed by atoms with Crippen LogP contribution in [0, 0.1) is 6.92 Å². The molecule has 0 atom stereocenters. The Hall–Kier alpha value is -2.79. The second kappa shape index (κ2) is 7.66. The van der Waals surface area contributed by atoms with Gasteiger partial charge >= 0.3 is 0 Å². The van der Waals surface area contributed by atoms with E-state index in [4.69, 9.17) is 4.74 Å². The van der Waals surface area contributed by atoms with Crippen molar-refractivity contribution < 1.29 is 4.74 Å². The first-order valence-corrected chi connectivity index (χ1v) is 7.81. The normalized spacial score (nSPS) is 10.6. The molecular weight excluding hydrogens is 300 g/mol. The van der Waals surface area contributed by atoms with Gasteiger partial charge in [-0.1, -0.05) is 24.3 Å². The zero-order chi connectivity index (χ0) is 16.8. The fraction of sp³-hybridized carbons (Fsp3) is 0.211. The average Bonchev–Trinajstić information content (AvgIpc) is 2.61. The molecule has 1 N–H and O–H groups in total. The number of aryl methyl sites for hydroxylation is 1. The number of hydrogen-bond acceptors (Lipinski definition) is 5. The van der Waals surface area contributed by atoms with Crippen molar-refractivity contribution in [2.24, 2.45) is 0 Å². The van der Waals surface area contributed by atoms with Crippen LogP contribution in [-0.4, -0.2) is 22.1 Å². The Labute approximate surface area is 141 Å². The number of nitrogens with one attached hydrogen (secondary N) is 1. The van der Waals surface area contributed by atoms with Crippen molar-refractivity contribution in [1.82, 2.24) is 15.0 Å². The van der Waals surface area contributed by atoms with Crippen LogP contribution < -0.4 is 5.32 Å². The summed E-state index contributed by atoms with van der Waals surface area (Å²) >= 11 is 0. The summed E-state index contributed by atoms with van der Waals surface area (Å²) in [5.74, 6) is 1.51. The van der Waals surface area contributed by atoms with Crippen molar-refractivity contribution in [2.45, 2.75) is 20.1 Å². The summed E-state index contributed by atoms with van der Waals surface area (Å²) in [6.45, 7) is 3.28. The monoisotopic (exact) mass is 320 g/mol. The molecule has 2 aromatic heterocycles. The molecule has 0 aliphatic heterocycles. The van der Waals surface area contributed by atoms with Crippen LogP contribution in [-0.2, 0) is 17.9 Å². The van der Waals surface area contributed by atoms with Crippen LogP contribution in [0.5, 0.6) is 0 Å². The molecule has 0 bridgehead atoms. The summed E-state index contributed by atoms with van der Waals surface area (Å²) in [4.78, 5) is 13.1. The second-order valence-corrected chi connectivity index (χ2v) is 5.56. The Bertz CT molecular complexity index is 805. The minimum absolute atomic E-state index is 0.618. The first kappa shape index (κ1) is 16.1. The van der Waals surface area contributed by atoms with Gasteiger partial charge in [-0.15, -0.1) is 0 Å². The van der Waals surface area contributed by atoms with Gasteiger partial charge in [-0.05, 0) is 30.2 Å². The van der Waals surface area contributed by atoms with Gasteiger partial charge in [-0.3, -0.25) is 4.98 Å². The van der Waals surface area contributed by atoms with E-state index < -0.39 is 0 Å². The molecule has 0 spiro atoms. The number of benzene rings is 1. The van der Waals surface area contributed by atoms with E-state index in [9.17, 15) is 0 Å². The van der Waals surface area contributed by atoms with E-state index in [0.717, 1.165) is 22.6 Å².